The number of rotatable bonds is 6. The molecule has 1 aromatic rings. The highest BCUT2D eigenvalue weighted by Crippen LogP contribution is 2.26. The molecule has 18 heavy (non-hydrogen) atoms. The summed E-state index contributed by atoms with van der Waals surface area (Å²) < 4.78 is 16.6. The molecule has 0 saturated carbocycles. The zero-order valence-electron chi connectivity index (χ0n) is 10.9. The number of benzene rings is 1. The molecule has 1 atom stereocenters. The van der Waals surface area contributed by atoms with Crippen molar-refractivity contribution in [1.82, 2.24) is 0 Å². The van der Waals surface area contributed by atoms with Crippen LogP contribution in [0.1, 0.15) is 18.4 Å². The predicted molar refractivity (Wildman–Crippen MR) is 70.2 cm³/mol. The Balaban J connectivity index is 2.02. The fourth-order valence-corrected chi connectivity index (χ4v) is 2.12. The molecule has 0 bridgehead atoms. The molecule has 0 aliphatic carbocycles. The number of hydrogen-bond donors (Lipinski definition) is 1. The van der Waals surface area contributed by atoms with E-state index in [2.05, 4.69) is 0 Å². The summed E-state index contributed by atoms with van der Waals surface area (Å²) in [6, 6.07) is 5.86. The first-order chi connectivity index (χ1) is 8.83. The second kappa shape index (κ2) is 6.61. The average Bonchev–Trinajstić information content (AvgIpc) is 2.91. The molecule has 1 aliphatic heterocycles. The largest absolute Gasteiger partial charge is 0.497 e. The van der Waals surface area contributed by atoms with Crippen LogP contribution in [0.5, 0.6) is 11.5 Å². The summed E-state index contributed by atoms with van der Waals surface area (Å²) in [6.07, 6.45) is 3.24. The van der Waals surface area contributed by atoms with E-state index in [0.717, 1.165) is 42.9 Å². The Kier molecular flexibility index (Phi) is 4.84. The summed E-state index contributed by atoms with van der Waals surface area (Å²) in [7, 11) is 1.65. The van der Waals surface area contributed by atoms with Crippen molar-refractivity contribution in [1.29, 1.82) is 0 Å². The van der Waals surface area contributed by atoms with Gasteiger partial charge in [-0.1, -0.05) is 6.07 Å². The van der Waals surface area contributed by atoms with E-state index in [4.69, 9.17) is 19.9 Å². The first-order valence-corrected chi connectivity index (χ1v) is 6.45. The van der Waals surface area contributed by atoms with Crippen LogP contribution in [-0.2, 0) is 11.2 Å². The molecule has 1 saturated heterocycles. The molecule has 0 amide bonds. The van der Waals surface area contributed by atoms with Gasteiger partial charge in [0.2, 0.25) is 0 Å². The molecule has 100 valence electrons. The summed E-state index contributed by atoms with van der Waals surface area (Å²) in [5, 5.41) is 0. The van der Waals surface area contributed by atoms with Crippen molar-refractivity contribution >= 4 is 0 Å². The van der Waals surface area contributed by atoms with E-state index in [0.29, 0.717) is 13.2 Å². The van der Waals surface area contributed by atoms with E-state index in [1.165, 1.54) is 0 Å². The van der Waals surface area contributed by atoms with Gasteiger partial charge in [0.1, 0.15) is 18.1 Å². The molecular formula is C14H21NO3. The van der Waals surface area contributed by atoms with E-state index in [-0.39, 0.29) is 6.10 Å². The number of ether oxygens (including phenoxy) is 3. The lowest BCUT2D eigenvalue weighted by atomic mass is 10.1. The number of methoxy groups -OCH3 is 1. The fourth-order valence-electron chi connectivity index (χ4n) is 2.12. The van der Waals surface area contributed by atoms with Gasteiger partial charge in [0.15, 0.2) is 0 Å². The average molecular weight is 251 g/mol. The van der Waals surface area contributed by atoms with E-state index in [9.17, 15) is 0 Å². The lowest BCUT2D eigenvalue weighted by Gasteiger charge is -2.15. The van der Waals surface area contributed by atoms with Crippen molar-refractivity contribution in [3.8, 4) is 11.5 Å². The predicted octanol–water partition coefficient (Wildman–Crippen LogP) is 1.75. The summed E-state index contributed by atoms with van der Waals surface area (Å²) >= 11 is 0. The highest BCUT2D eigenvalue weighted by Gasteiger charge is 2.17. The number of nitrogens with two attached hydrogens (primary N) is 1. The zero-order valence-corrected chi connectivity index (χ0v) is 10.9. The van der Waals surface area contributed by atoms with Crippen molar-refractivity contribution in [3.05, 3.63) is 23.8 Å². The van der Waals surface area contributed by atoms with Crippen molar-refractivity contribution in [2.75, 3.05) is 26.9 Å². The Hall–Kier alpha value is -1.26. The Labute approximate surface area is 108 Å². The Morgan fingerprint density at radius 1 is 1.44 bits per heavy atom. The third-order valence-electron chi connectivity index (χ3n) is 3.14. The van der Waals surface area contributed by atoms with Gasteiger partial charge in [-0.25, -0.2) is 0 Å². The van der Waals surface area contributed by atoms with Crippen LogP contribution >= 0.6 is 0 Å². The summed E-state index contributed by atoms with van der Waals surface area (Å²) in [5.41, 5.74) is 6.73. The van der Waals surface area contributed by atoms with Gasteiger partial charge in [0.05, 0.1) is 13.2 Å². The maximum absolute atomic E-state index is 5.86. The quantitative estimate of drug-likeness (QED) is 0.837. The zero-order chi connectivity index (χ0) is 12.8. The lowest BCUT2D eigenvalue weighted by molar-refractivity contribution is 0.0675. The minimum absolute atomic E-state index is 0.224. The Morgan fingerprint density at radius 2 is 2.33 bits per heavy atom. The van der Waals surface area contributed by atoms with Crippen LogP contribution in [-0.4, -0.2) is 33.0 Å². The third kappa shape index (κ3) is 3.37. The van der Waals surface area contributed by atoms with Crippen LogP contribution < -0.4 is 15.2 Å². The Bertz CT molecular complexity index is 375. The standard InChI is InChI=1S/C14H21NO3/c1-16-12-5-4-11(6-7-15)14(9-12)18-10-13-3-2-8-17-13/h4-5,9,13H,2-3,6-8,10,15H2,1H3. The molecule has 1 aromatic carbocycles. The molecule has 0 aromatic heterocycles. The second-order valence-electron chi connectivity index (χ2n) is 4.46. The minimum Gasteiger partial charge on any atom is -0.497 e. The van der Waals surface area contributed by atoms with Crippen LogP contribution in [0.2, 0.25) is 0 Å². The summed E-state index contributed by atoms with van der Waals surface area (Å²) in [4.78, 5) is 0. The third-order valence-corrected chi connectivity index (χ3v) is 3.14. The molecule has 0 spiro atoms. The molecular weight excluding hydrogens is 230 g/mol. The van der Waals surface area contributed by atoms with Crippen LogP contribution in [0.15, 0.2) is 18.2 Å². The smallest absolute Gasteiger partial charge is 0.126 e. The normalized spacial score (nSPS) is 18.9. The van der Waals surface area contributed by atoms with Crippen LogP contribution in [0.3, 0.4) is 0 Å². The molecule has 0 radical (unpaired) electrons. The van der Waals surface area contributed by atoms with Gasteiger partial charge in [-0.2, -0.15) is 0 Å². The van der Waals surface area contributed by atoms with Crippen molar-refractivity contribution in [3.63, 3.8) is 0 Å². The molecule has 4 nitrogen and oxygen atoms in total. The molecule has 1 aliphatic rings. The van der Waals surface area contributed by atoms with E-state index in [1.807, 2.05) is 18.2 Å². The minimum atomic E-state index is 0.224. The number of hydrogen-bond acceptors (Lipinski definition) is 4. The van der Waals surface area contributed by atoms with Gasteiger partial charge in [-0.15, -0.1) is 0 Å². The molecule has 2 rings (SSSR count). The van der Waals surface area contributed by atoms with Crippen molar-refractivity contribution in [2.45, 2.75) is 25.4 Å². The topological polar surface area (TPSA) is 53.7 Å². The monoisotopic (exact) mass is 251 g/mol. The van der Waals surface area contributed by atoms with Gasteiger partial charge < -0.3 is 19.9 Å². The first-order valence-electron chi connectivity index (χ1n) is 6.45. The molecule has 1 heterocycles. The molecule has 4 heteroatoms. The molecule has 1 unspecified atom stereocenters. The first kappa shape index (κ1) is 13.2. The second-order valence-corrected chi connectivity index (χ2v) is 4.46. The van der Waals surface area contributed by atoms with Crippen molar-refractivity contribution in [2.24, 2.45) is 5.73 Å². The van der Waals surface area contributed by atoms with Gasteiger partial charge in [0.25, 0.3) is 0 Å². The summed E-state index contributed by atoms with van der Waals surface area (Å²) in [6.45, 7) is 2.06. The highest BCUT2D eigenvalue weighted by atomic mass is 16.5. The van der Waals surface area contributed by atoms with Gasteiger partial charge >= 0.3 is 0 Å². The van der Waals surface area contributed by atoms with E-state index < -0.39 is 0 Å². The summed E-state index contributed by atoms with van der Waals surface area (Å²) in [5.74, 6) is 1.66. The van der Waals surface area contributed by atoms with Gasteiger partial charge in [-0.3, -0.25) is 0 Å². The van der Waals surface area contributed by atoms with Crippen molar-refractivity contribution < 1.29 is 14.2 Å². The van der Waals surface area contributed by atoms with Crippen LogP contribution in [0.25, 0.3) is 0 Å². The van der Waals surface area contributed by atoms with Crippen LogP contribution in [0.4, 0.5) is 0 Å². The SMILES string of the molecule is COc1ccc(CCN)c(OCC2CCCO2)c1. The van der Waals surface area contributed by atoms with E-state index >= 15 is 0 Å². The maximum Gasteiger partial charge on any atom is 0.126 e. The Morgan fingerprint density at radius 3 is 3.00 bits per heavy atom. The van der Waals surface area contributed by atoms with Gasteiger partial charge in [-0.05, 0) is 37.4 Å². The van der Waals surface area contributed by atoms with Gasteiger partial charge in [0, 0.05) is 12.7 Å². The maximum atomic E-state index is 5.86. The molecule has 1 fully saturated rings. The fraction of sp³-hybridized carbons (Fsp3) is 0.571. The van der Waals surface area contributed by atoms with E-state index in [1.54, 1.807) is 7.11 Å². The molecule has 2 N–H and O–H groups in total. The highest BCUT2D eigenvalue weighted by molar-refractivity contribution is 5.41. The lowest BCUT2D eigenvalue weighted by Crippen LogP contribution is -2.17. The van der Waals surface area contributed by atoms with Crippen LogP contribution in [0, 0.1) is 0 Å².